The Bertz CT molecular complexity index is 836. The maximum Gasteiger partial charge on any atom is 0.347 e. The van der Waals surface area contributed by atoms with Gasteiger partial charge in [0.15, 0.2) is 0 Å². The molecule has 0 aliphatic heterocycles. The molecular formula is C26H38O7. The molecule has 0 unspecified atom stereocenters. The maximum absolute atomic E-state index is 13.8. The molecule has 7 nitrogen and oxygen atoms in total. The molecule has 33 heavy (non-hydrogen) atoms. The van der Waals surface area contributed by atoms with Crippen molar-refractivity contribution in [2.75, 3.05) is 7.11 Å². The van der Waals surface area contributed by atoms with Crippen LogP contribution < -0.4 is 0 Å². The number of Topliss-reactive ketones (excluding diaryl/α,β-unsaturated/α-hetero) is 1. The second kappa shape index (κ2) is 8.70. The summed E-state index contributed by atoms with van der Waals surface area (Å²) in [6.07, 6.45) is 5.65. The molecule has 0 spiro atoms. The Hall–Kier alpha value is -1.92. The van der Waals surface area contributed by atoms with Crippen molar-refractivity contribution in [3.63, 3.8) is 0 Å². The van der Waals surface area contributed by atoms with Crippen LogP contribution in [0.25, 0.3) is 0 Å². The van der Waals surface area contributed by atoms with E-state index >= 15 is 0 Å². The number of ketones is 1. The van der Waals surface area contributed by atoms with Crippen LogP contribution in [0.2, 0.25) is 0 Å². The van der Waals surface area contributed by atoms with Crippen molar-refractivity contribution in [2.24, 2.45) is 40.4 Å². The van der Waals surface area contributed by atoms with Crippen LogP contribution in [-0.4, -0.2) is 43.0 Å². The highest BCUT2D eigenvalue weighted by Crippen LogP contribution is 2.67. The highest BCUT2D eigenvalue weighted by molar-refractivity contribution is 5.85. The number of carbonyl (C=O) groups is 4. The number of carbonyl (C=O) groups excluding carboxylic acids is 4. The van der Waals surface area contributed by atoms with Gasteiger partial charge in [-0.3, -0.25) is 14.4 Å². The molecule has 0 heterocycles. The van der Waals surface area contributed by atoms with Gasteiger partial charge in [-0.05, 0) is 73.5 Å². The van der Waals surface area contributed by atoms with Gasteiger partial charge in [0.05, 0.1) is 7.11 Å². The predicted molar refractivity (Wildman–Crippen MR) is 119 cm³/mol. The normalized spacial score (nSPS) is 42.9. The van der Waals surface area contributed by atoms with Crippen molar-refractivity contribution >= 4 is 23.7 Å². The van der Waals surface area contributed by atoms with Gasteiger partial charge in [-0.15, -0.1) is 0 Å². The van der Waals surface area contributed by atoms with E-state index in [0.29, 0.717) is 18.3 Å². The molecule has 0 aromatic carbocycles. The van der Waals surface area contributed by atoms with Gasteiger partial charge in [0.2, 0.25) is 6.10 Å². The largest absolute Gasteiger partial charge is 0.466 e. The first kappa shape index (κ1) is 24.2. The molecule has 0 aromatic heterocycles. The van der Waals surface area contributed by atoms with E-state index in [1.807, 2.05) is 0 Å². The van der Waals surface area contributed by atoms with E-state index in [2.05, 4.69) is 13.8 Å². The summed E-state index contributed by atoms with van der Waals surface area (Å²) in [5.74, 6) is -0.208. The fourth-order valence-corrected chi connectivity index (χ4v) is 8.50. The Balaban J connectivity index is 1.59. The van der Waals surface area contributed by atoms with E-state index in [9.17, 15) is 19.2 Å². The fourth-order valence-electron chi connectivity index (χ4n) is 8.50. The molecule has 4 saturated carbocycles. The number of esters is 3. The van der Waals surface area contributed by atoms with Crippen LogP contribution >= 0.6 is 0 Å². The molecular weight excluding hydrogens is 424 g/mol. The summed E-state index contributed by atoms with van der Waals surface area (Å²) in [6, 6.07) is 0. The van der Waals surface area contributed by atoms with E-state index < -0.39 is 18.0 Å². The summed E-state index contributed by atoms with van der Waals surface area (Å²) in [7, 11) is 1.31. The van der Waals surface area contributed by atoms with E-state index in [-0.39, 0.29) is 46.4 Å². The van der Waals surface area contributed by atoms with E-state index in [4.69, 9.17) is 14.2 Å². The van der Waals surface area contributed by atoms with Gasteiger partial charge in [-0.25, -0.2) is 4.79 Å². The fraction of sp³-hybridized carbons (Fsp3) is 0.846. The first-order chi connectivity index (χ1) is 15.5. The third kappa shape index (κ3) is 3.99. The molecule has 184 valence electrons. The van der Waals surface area contributed by atoms with E-state index in [1.165, 1.54) is 21.0 Å². The Kier molecular flexibility index (Phi) is 6.38. The lowest BCUT2D eigenvalue weighted by Crippen LogP contribution is -2.58. The Morgan fingerprint density at radius 3 is 2.33 bits per heavy atom. The molecule has 7 heteroatoms. The van der Waals surface area contributed by atoms with Gasteiger partial charge in [-0.1, -0.05) is 13.8 Å². The number of fused-ring (bicyclic) bond motifs is 5. The van der Waals surface area contributed by atoms with Crippen molar-refractivity contribution in [3.05, 3.63) is 0 Å². The van der Waals surface area contributed by atoms with Crippen molar-refractivity contribution in [1.29, 1.82) is 0 Å². The average molecular weight is 463 g/mol. The zero-order valence-corrected chi connectivity index (χ0v) is 20.6. The second-order valence-corrected chi connectivity index (χ2v) is 11.4. The molecule has 4 aliphatic rings. The van der Waals surface area contributed by atoms with Crippen molar-refractivity contribution in [3.8, 4) is 0 Å². The number of ether oxygens (including phenoxy) is 3. The van der Waals surface area contributed by atoms with Crippen molar-refractivity contribution < 1.29 is 33.4 Å². The average Bonchev–Trinajstić information content (AvgIpc) is 3.07. The summed E-state index contributed by atoms with van der Waals surface area (Å²) in [5.41, 5.74) is -0.460. The molecule has 0 amide bonds. The van der Waals surface area contributed by atoms with Crippen LogP contribution in [-0.2, 0) is 33.4 Å². The number of methoxy groups -OCH3 is 1. The second-order valence-electron chi connectivity index (χ2n) is 11.4. The van der Waals surface area contributed by atoms with Crippen LogP contribution in [0.15, 0.2) is 0 Å². The van der Waals surface area contributed by atoms with Gasteiger partial charge in [0, 0.05) is 32.1 Å². The minimum atomic E-state index is -0.960. The van der Waals surface area contributed by atoms with E-state index in [1.54, 1.807) is 0 Å². The summed E-state index contributed by atoms with van der Waals surface area (Å²) in [4.78, 5) is 49.6. The molecule has 4 fully saturated rings. The Labute approximate surface area is 196 Å². The van der Waals surface area contributed by atoms with Crippen LogP contribution in [0.3, 0.4) is 0 Å². The van der Waals surface area contributed by atoms with Gasteiger partial charge >= 0.3 is 17.9 Å². The molecule has 0 saturated heterocycles. The van der Waals surface area contributed by atoms with Gasteiger partial charge in [0.1, 0.15) is 11.9 Å². The predicted octanol–water partition coefficient (Wildman–Crippen LogP) is 3.86. The first-order valence-electron chi connectivity index (χ1n) is 12.5. The lowest BCUT2D eigenvalue weighted by molar-refractivity contribution is -0.180. The maximum atomic E-state index is 13.8. The highest BCUT2D eigenvalue weighted by atomic mass is 16.6. The minimum Gasteiger partial charge on any atom is -0.466 e. The van der Waals surface area contributed by atoms with Gasteiger partial charge in [-0.2, -0.15) is 0 Å². The van der Waals surface area contributed by atoms with E-state index in [0.717, 1.165) is 44.9 Å². The molecule has 0 N–H and O–H groups in total. The third-order valence-electron chi connectivity index (χ3n) is 9.80. The zero-order chi connectivity index (χ0) is 24.1. The topological polar surface area (TPSA) is 96.0 Å². The first-order valence-corrected chi connectivity index (χ1v) is 12.5. The smallest absolute Gasteiger partial charge is 0.347 e. The molecule has 4 aliphatic carbocycles. The minimum absolute atomic E-state index is 0.0108. The Morgan fingerprint density at radius 2 is 1.70 bits per heavy atom. The SMILES string of the molecule is COC(=O)[C@@H](OC(C)=O)[C@H]1CC[C@H]2[C@@H]3CC[C@@H]4C[C@H](OC(C)=O)CC[C@]4(C)[C@H]3C(=O)C[C@]12C. The monoisotopic (exact) mass is 462 g/mol. The van der Waals surface area contributed by atoms with Crippen molar-refractivity contribution in [1.82, 2.24) is 0 Å². The molecule has 0 bridgehead atoms. The number of hydrogen-bond donors (Lipinski definition) is 0. The standard InChI is InChI=1S/C26H38O7/c1-14(27)32-17-10-11-25(3)16(12-17)6-7-18-19-8-9-20(23(24(30)31-5)33-15(2)28)26(19,4)13-21(29)22(18)25/h16-20,22-23H,6-13H2,1-5H3/t16-,17-,18+,19+,20-,22-,23+,25+,26+/m1/s1. The summed E-state index contributed by atoms with van der Waals surface area (Å²) >= 11 is 0. The Morgan fingerprint density at radius 1 is 0.970 bits per heavy atom. The van der Waals surface area contributed by atoms with Crippen LogP contribution in [0.5, 0.6) is 0 Å². The van der Waals surface area contributed by atoms with Gasteiger partial charge in [0.25, 0.3) is 0 Å². The lowest BCUT2D eigenvalue weighted by Gasteiger charge is -2.60. The lowest BCUT2D eigenvalue weighted by atomic mass is 9.44. The molecule has 9 atom stereocenters. The highest BCUT2D eigenvalue weighted by Gasteiger charge is 2.65. The van der Waals surface area contributed by atoms with Crippen LogP contribution in [0.4, 0.5) is 0 Å². The van der Waals surface area contributed by atoms with Crippen LogP contribution in [0, 0.1) is 40.4 Å². The van der Waals surface area contributed by atoms with Gasteiger partial charge < -0.3 is 14.2 Å². The summed E-state index contributed by atoms with van der Waals surface area (Å²) in [5, 5.41) is 0. The molecule has 0 aromatic rings. The molecule has 4 rings (SSSR count). The summed E-state index contributed by atoms with van der Waals surface area (Å²) < 4.78 is 16.0. The van der Waals surface area contributed by atoms with Crippen LogP contribution in [0.1, 0.15) is 79.1 Å². The van der Waals surface area contributed by atoms with Crippen molar-refractivity contribution in [2.45, 2.75) is 91.3 Å². The molecule has 0 radical (unpaired) electrons. The number of hydrogen-bond acceptors (Lipinski definition) is 7. The number of rotatable bonds is 4. The quantitative estimate of drug-likeness (QED) is 0.462. The third-order valence-corrected chi connectivity index (χ3v) is 9.80. The zero-order valence-electron chi connectivity index (χ0n) is 20.6. The summed E-state index contributed by atoms with van der Waals surface area (Å²) in [6.45, 7) is 7.17.